The molecule has 0 saturated heterocycles. The minimum atomic E-state index is -3.01. The highest BCUT2D eigenvalue weighted by Crippen LogP contribution is 2.41. The maximum absolute atomic E-state index is 9.17. The van der Waals surface area contributed by atoms with Crippen LogP contribution in [-0.4, -0.2) is 14.1 Å². The second-order valence-corrected chi connectivity index (χ2v) is 3.65. The largest absolute Gasteiger partial charge is 0.281 e. The van der Waals surface area contributed by atoms with Gasteiger partial charge in [-0.2, -0.15) is 4.83 Å². The Morgan fingerprint density at radius 1 is 1.36 bits per heavy atom. The smallest absolute Gasteiger partial charge is 0.0794 e. The fourth-order valence-corrected chi connectivity index (χ4v) is 1.23. The first-order chi connectivity index (χ1) is 5.17. The molecular formula is C5H9N3O2S. The molecule has 0 spiro atoms. The number of nitrogens with zero attached hydrogens (tertiary/aromatic N) is 1. The zero-order chi connectivity index (χ0) is 8.32. The van der Waals surface area contributed by atoms with Gasteiger partial charge in [0.15, 0.2) is 0 Å². The number of hydrogen-bond donors (Lipinski definition) is 4. The number of rotatable bonds is 2. The lowest BCUT2D eigenvalue weighted by molar-refractivity contribution is 0.471. The van der Waals surface area contributed by atoms with Crippen molar-refractivity contribution >= 4 is 10.8 Å². The van der Waals surface area contributed by atoms with Crippen LogP contribution in [0.25, 0.3) is 0 Å². The van der Waals surface area contributed by atoms with Gasteiger partial charge in [-0.1, -0.05) is 10.8 Å². The summed E-state index contributed by atoms with van der Waals surface area (Å²) in [6.07, 6.45) is 2.92. The maximum Gasteiger partial charge on any atom is 0.0794 e. The third-order valence-corrected chi connectivity index (χ3v) is 2.40. The quantitative estimate of drug-likeness (QED) is 0.389. The molecule has 5 N–H and O–H groups in total. The van der Waals surface area contributed by atoms with Crippen molar-refractivity contribution in [3.63, 3.8) is 0 Å². The lowest BCUT2D eigenvalue weighted by Gasteiger charge is -2.29. The van der Waals surface area contributed by atoms with Gasteiger partial charge in [0.05, 0.1) is 4.90 Å². The van der Waals surface area contributed by atoms with Crippen LogP contribution in [-0.2, 0) is 0 Å². The maximum atomic E-state index is 9.17. The average molecular weight is 175 g/mol. The zero-order valence-corrected chi connectivity index (χ0v) is 6.45. The van der Waals surface area contributed by atoms with Crippen LogP contribution < -0.4 is 10.7 Å². The summed E-state index contributed by atoms with van der Waals surface area (Å²) in [6.45, 7) is 0. The van der Waals surface area contributed by atoms with Crippen molar-refractivity contribution in [3.05, 3.63) is 24.5 Å². The summed E-state index contributed by atoms with van der Waals surface area (Å²) in [7, 11) is -3.01. The Balaban J connectivity index is 2.93. The van der Waals surface area contributed by atoms with Crippen LogP contribution in [0.1, 0.15) is 0 Å². The van der Waals surface area contributed by atoms with Crippen molar-refractivity contribution in [2.45, 2.75) is 4.90 Å². The molecule has 5 nitrogen and oxygen atoms in total. The van der Waals surface area contributed by atoms with E-state index in [4.69, 9.17) is 14.9 Å². The molecule has 0 amide bonds. The summed E-state index contributed by atoms with van der Waals surface area (Å²) in [5.41, 5.74) is 0. The Kier molecular flexibility index (Phi) is 2.42. The number of hydrogen-bond acceptors (Lipinski definition) is 5. The van der Waals surface area contributed by atoms with Gasteiger partial charge in [-0.15, -0.1) is 0 Å². The summed E-state index contributed by atoms with van der Waals surface area (Å²) in [4.78, 5) is 5.97. The molecule has 0 aliphatic heterocycles. The van der Waals surface area contributed by atoms with E-state index in [1.165, 1.54) is 24.5 Å². The summed E-state index contributed by atoms with van der Waals surface area (Å²) >= 11 is 0. The Labute approximate surface area is 65.7 Å². The van der Waals surface area contributed by atoms with E-state index in [0.29, 0.717) is 4.90 Å². The van der Waals surface area contributed by atoms with E-state index in [9.17, 15) is 0 Å². The first-order valence-electron chi connectivity index (χ1n) is 2.82. The molecule has 0 aromatic carbocycles. The van der Waals surface area contributed by atoms with Gasteiger partial charge in [0.1, 0.15) is 0 Å². The molecule has 62 valence electrons. The second-order valence-electron chi connectivity index (χ2n) is 1.85. The van der Waals surface area contributed by atoms with Gasteiger partial charge in [0, 0.05) is 12.4 Å². The molecule has 0 atom stereocenters. The number of hydrazine groups is 1. The van der Waals surface area contributed by atoms with Crippen molar-refractivity contribution in [2.24, 2.45) is 5.84 Å². The minimum Gasteiger partial charge on any atom is -0.281 e. The molecule has 0 aliphatic carbocycles. The van der Waals surface area contributed by atoms with Gasteiger partial charge >= 0.3 is 0 Å². The summed E-state index contributed by atoms with van der Waals surface area (Å²) < 4.78 is 18.3. The fraction of sp³-hybridized carbons (Fsp3) is 0. The van der Waals surface area contributed by atoms with Gasteiger partial charge < -0.3 is 0 Å². The summed E-state index contributed by atoms with van der Waals surface area (Å²) in [5.74, 6) is 4.90. The summed E-state index contributed by atoms with van der Waals surface area (Å²) in [6, 6.07) is 2.96. The van der Waals surface area contributed by atoms with Crippen molar-refractivity contribution in [1.82, 2.24) is 9.82 Å². The Morgan fingerprint density at radius 3 is 2.36 bits per heavy atom. The van der Waals surface area contributed by atoms with E-state index in [-0.39, 0.29) is 0 Å². The van der Waals surface area contributed by atoms with E-state index in [1.54, 1.807) is 0 Å². The molecule has 0 aliphatic rings. The van der Waals surface area contributed by atoms with E-state index < -0.39 is 10.8 Å². The standard InChI is InChI=1S/C5H9N3O2S/c6-8-11(9,10)5-1-3-7-4-2-5/h1-4,8-10H,6H2. The van der Waals surface area contributed by atoms with Crippen molar-refractivity contribution in [2.75, 3.05) is 0 Å². The Bertz CT molecular complexity index is 228. The predicted octanol–water partition coefficient (Wildman–Crippen LogP) is 0.569. The molecule has 6 heteroatoms. The monoisotopic (exact) mass is 175 g/mol. The topological polar surface area (TPSA) is 91.4 Å². The van der Waals surface area contributed by atoms with Crippen LogP contribution in [0, 0.1) is 0 Å². The van der Waals surface area contributed by atoms with Crippen molar-refractivity contribution in [1.29, 1.82) is 0 Å². The lowest BCUT2D eigenvalue weighted by atomic mass is 10.5. The third-order valence-electron chi connectivity index (χ3n) is 1.14. The molecule has 0 bridgehead atoms. The molecule has 0 fully saturated rings. The van der Waals surface area contributed by atoms with Crippen LogP contribution >= 0.6 is 10.8 Å². The molecule has 0 radical (unpaired) electrons. The van der Waals surface area contributed by atoms with Gasteiger partial charge in [-0.05, 0) is 12.1 Å². The molecule has 1 aromatic heterocycles. The molecule has 11 heavy (non-hydrogen) atoms. The van der Waals surface area contributed by atoms with Crippen molar-refractivity contribution < 1.29 is 9.11 Å². The third kappa shape index (κ3) is 1.88. The first kappa shape index (κ1) is 8.44. The zero-order valence-electron chi connectivity index (χ0n) is 5.64. The summed E-state index contributed by atoms with van der Waals surface area (Å²) in [5, 5.41) is 0. The van der Waals surface area contributed by atoms with Gasteiger partial charge in [0.25, 0.3) is 0 Å². The van der Waals surface area contributed by atoms with E-state index in [2.05, 4.69) is 4.98 Å². The highest BCUT2D eigenvalue weighted by Gasteiger charge is 2.11. The van der Waals surface area contributed by atoms with Crippen LogP contribution in [0.2, 0.25) is 0 Å². The van der Waals surface area contributed by atoms with Gasteiger partial charge in [-0.3, -0.25) is 19.9 Å². The SMILES string of the molecule is NNS(O)(O)c1ccncc1. The van der Waals surface area contributed by atoms with Crippen LogP contribution in [0.4, 0.5) is 0 Å². The number of pyridine rings is 1. The van der Waals surface area contributed by atoms with Crippen LogP contribution in [0.15, 0.2) is 29.4 Å². The predicted molar refractivity (Wildman–Crippen MR) is 42.7 cm³/mol. The van der Waals surface area contributed by atoms with Gasteiger partial charge in [-0.25, -0.2) is 0 Å². The Hall–Kier alpha value is -0.660. The lowest BCUT2D eigenvalue weighted by Crippen LogP contribution is -2.26. The average Bonchev–Trinajstić information content (AvgIpc) is 2.06. The van der Waals surface area contributed by atoms with Gasteiger partial charge in [0.2, 0.25) is 0 Å². The molecule has 1 rings (SSSR count). The number of nitrogens with two attached hydrogens (primary N) is 1. The highest BCUT2D eigenvalue weighted by molar-refractivity contribution is 8.22. The molecule has 1 aromatic rings. The van der Waals surface area contributed by atoms with Crippen LogP contribution in [0.3, 0.4) is 0 Å². The van der Waals surface area contributed by atoms with Crippen molar-refractivity contribution in [3.8, 4) is 0 Å². The van der Waals surface area contributed by atoms with E-state index in [1.807, 2.05) is 4.83 Å². The molecular weight excluding hydrogens is 166 g/mol. The number of aromatic nitrogens is 1. The Morgan fingerprint density at radius 2 is 1.91 bits per heavy atom. The van der Waals surface area contributed by atoms with E-state index >= 15 is 0 Å². The molecule has 1 heterocycles. The highest BCUT2D eigenvalue weighted by atomic mass is 32.3. The number of nitrogens with one attached hydrogen (secondary N) is 1. The normalized spacial score (nSPS) is 13.0. The fourth-order valence-electron chi connectivity index (χ4n) is 0.596. The minimum absolute atomic E-state index is 0.329. The van der Waals surface area contributed by atoms with E-state index in [0.717, 1.165) is 0 Å². The first-order valence-corrected chi connectivity index (χ1v) is 4.37. The second kappa shape index (κ2) is 3.16. The van der Waals surface area contributed by atoms with Crippen LogP contribution in [0.5, 0.6) is 0 Å². The molecule has 0 saturated carbocycles. The molecule has 0 unspecified atom stereocenters.